The molecule has 1 N–H and O–H groups in total. The van der Waals surface area contributed by atoms with Gasteiger partial charge in [0.25, 0.3) is 10.0 Å². The molecule has 1 aromatic rings. The van der Waals surface area contributed by atoms with Crippen molar-refractivity contribution >= 4 is 38.3 Å². The van der Waals surface area contributed by atoms with Crippen molar-refractivity contribution in [1.29, 1.82) is 0 Å². The first-order valence-corrected chi connectivity index (χ1v) is 11.7. The number of likely N-dealkylation sites (tertiary alicyclic amines) is 1. The molecule has 3 heterocycles. The van der Waals surface area contributed by atoms with E-state index in [4.69, 9.17) is 16.3 Å². The van der Waals surface area contributed by atoms with Crippen LogP contribution in [0.2, 0.25) is 5.02 Å². The van der Waals surface area contributed by atoms with E-state index in [2.05, 4.69) is 9.71 Å². The SMILES string of the molecule is CC1=C(c2ccc(Cl)cc2)S(=O)(=O)N=C1N1CCC(NC(=O)[C@H]2CCCO2)CC1. The van der Waals surface area contributed by atoms with Crippen molar-refractivity contribution in [2.75, 3.05) is 19.7 Å². The number of piperidine rings is 1. The molecule has 0 aliphatic carbocycles. The second-order valence-electron chi connectivity index (χ2n) is 7.62. The largest absolute Gasteiger partial charge is 0.368 e. The van der Waals surface area contributed by atoms with Gasteiger partial charge in [-0.1, -0.05) is 23.7 Å². The molecule has 29 heavy (non-hydrogen) atoms. The van der Waals surface area contributed by atoms with Crippen LogP contribution in [0, 0.1) is 0 Å². The van der Waals surface area contributed by atoms with Crippen LogP contribution >= 0.6 is 11.6 Å². The number of ether oxygens (including phenoxy) is 1. The van der Waals surface area contributed by atoms with Gasteiger partial charge in [-0.05, 0) is 50.3 Å². The van der Waals surface area contributed by atoms with Gasteiger partial charge in [0.2, 0.25) is 5.91 Å². The fraction of sp³-hybridized carbons (Fsp3) is 0.500. The molecule has 1 aromatic carbocycles. The number of nitrogens with one attached hydrogen (secondary N) is 1. The highest BCUT2D eigenvalue weighted by atomic mass is 35.5. The molecule has 0 spiro atoms. The summed E-state index contributed by atoms with van der Waals surface area (Å²) in [6.07, 6.45) is 2.84. The Morgan fingerprint density at radius 1 is 1.21 bits per heavy atom. The number of sulfonamides is 1. The Labute approximate surface area is 175 Å². The molecule has 0 bridgehead atoms. The molecule has 3 aliphatic rings. The Balaban J connectivity index is 1.44. The summed E-state index contributed by atoms with van der Waals surface area (Å²) in [6.45, 7) is 3.71. The van der Waals surface area contributed by atoms with E-state index >= 15 is 0 Å². The number of carbonyl (C=O) groups excluding carboxylic acids is 1. The first-order valence-electron chi connectivity index (χ1n) is 9.84. The van der Waals surface area contributed by atoms with Gasteiger partial charge in [-0.25, -0.2) is 0 Å². The molecule has 4 rings (SSSR count). The van der Waals surface area contributed by atoms with E-state index in [9.17, 15) is 13.2 Å². The van der Waals surface area contributed by atoms with Crippen LogP contribution in [0.1, 0.15) is 38.2 Å². The number of carbonyl (C=O) groups is 1. The van der Waals surface area contributed by atoms with Crippen molar-refractivity contribution in [3.05, 3.63) is 40.4 Å². The van der Waals surface area contributed by atoms with E-state index in [-0.39, 0.29) is 23.0 Å². The van der Waals surface area contributed by atoms with Gasteiger partial charge in [0, 0.05) is 36.3 Å². The fourth-order valence-corrected chi connectivity index (χ4v) is 5.71. The number of amidine groups is 1. The van der Waals surface area contributed by atoms with Crippen LogP contribution in [0.5, 0.6) is 0 Å². The number of nitrogens with zero attached hydrogens (tertiary/aromatic N) is 2. The van der Waals surface area contributed by atoms with Crippen LogP contribution in [-0.2, 0) is 19.6 Å². The van der Waals surface area contributed by atoms with Gasteiger partial charge in [-0.2, -0.15) is 8.42 Å². The molecule has 0 aromatic heterocycles. The van der Waals surface area contributed by atoms with Gasteiger partial charge in [0.1, 0.15) is 16.8 Å². The fourth-order valence-electron chi connectivity index (χ4n) is 4.10. The molecule has 7 nitrogen and oxygen atoms in total. The number of rotatable bonds is 3. The van der Waals surface area contributed by atoms with Gasteiger partial charge >= 0.3 is 0 Å². The topological polar surface area (TPSA) is 88.1 Å². The molecule has 1 atom stereocenters. The zero-order valence-corrected chi connectivity index (χ0v) is 17.8. The maximum absolute atomic E-state index is 12.7. The Bertz CT molecular complexity index is 958. The summed E-state index contributed by atoms with van der Waals surface area (Å²) < 4.78 is 34.9. The summed E-state index contributed by atoms with van der Waals surface area (Å²) >= 11 is 5.93. The summed E-state index contributed by atoms with van der Waals surface area (Å²) in [5.74, 6) is 0.460. The van der Waals surface area contributed by atoms with Gasteiger partial charge in [-0.15, -0.1) is 4.40 Å². The van der Waals surface area contributed by atoms with Gasteiger partial charge in [0.05, 0.1) is 0 Å². The van der Waals surface area contributed by atoms with Crippen molar-refractivity contribution in [3.8, 4) is 0 Å². The van der Waals surface area contributed by atoms with Crippen molar-refractivity contribution < 1.29 is 17.9 Å². The van der Waals surface area contributed by atoms with Crippen LogP contribution in [-0.4, -0.2) is 56.9 Å². The van der Waals surface area contributed by atoms with Crippen LogP contribution in [0.3, 0.4) is 0 Å². The Kier molecular flexibility index (Phi) is 5.68. The minimum absolute atomic E-state index is 0.0390. The third kappa shape index (κ3) is 4.20. The predicted molar refractivity (Wildman–Crippen MR) is 112 cm³/mol. The van der Waals surface area contributed by atoms with E-state index < -0.39 is 10.0 Å². The minimum Gasteiger partial charge on any atom is -0.368 e. The van der Waals surface area contributed by atoms with Crippen LogP contribution in [0.15, 0.2) is 34.2 Å². The highest BCUT2D eigenvalue weighted by Crippen LogP contribution is 2.34. The highest BCUT2D eigenvalue weighted by molar-refractivity contribution is 8.00. The van der Waals surface area contributed by atoms with Gasteiger partial charge in [0.15, 0.2) is 0 Å². The van der Waals surface area contributed by atoms with Gasteiger partial charge < -0.3 is 15.0 Å². The lowest BCUT2D eigenvalue weighted by Gasteiger charge is -2.34. The molecule has 0 unspecified atom stereocenters. The zero-order valence-electron chi connectivity index (χ0n) is 16.2. The maximum atomic E-state index is 12.7. The molecular weight excluding hydrogens is 414 g/mol. The molecule has 156 valence electrons. The normalized spacial score (nSPS) is 24.7. The number of hydrogen-bond acceptors (Lipinski definition) is 5. The summed E-state index contributed by atoms with van der Waals surface area (Å²) in [5, 5.41) is 3.62. The lowest BCUT2D eigenvalue weighted by atomic mass is 10.0. The number of amides is 1. The lowest BCUT2D eigenvalue weighted by molar-refractivity contribution is -0.131. The summed E-state index contributed by atoms with van der Waals surface area (Å²) in [4.78, 5) is 14.5. The standard InChI is InChI=1S/C20H24ClN3O4S/c1-13-18(14-4-6-15(21)7-5-14)29(26,27)23-19(13)24-10-8-16(9-11-24)22-20(25)17-3-2-12-28-17/h4-7,16-17H,2-3,8-12H2,1H3,(H,22,25)/t17-/m1/s1. The third-order valence-corrected chi connectivity index (χ3v) is 7.33. The van der Waals surface area contributed by atoms with E-state index in [0.717, 1.165) is 25.7 Å². The monoisotopic (exact) mass is 437 g/mol. The second kappa shape index (κ2) is 8.08. The molecule has 9 heteroatoms. The van der Waals surface area contributed by atoms with Crippen molar-refractivity contribution in [2.24, 2.45) is 4.40 Å². The van der Waals surface area contributed by atoms with E-state index in [0.29, 0.717) is 41.7 Å². The summed E-state index contributed by atoms with van der Waals surface area (Å²) in [5.41, 5.74) is 1.23. The first-order chi connectivity index (χ1) is 13.8. The van der Waals surface area contributed by atoms with Gasteiger partial charge in [-0.3, -0.25) is 4.79 Å². The quantitative estimate of drug-likeness (QED) is 0.785. The van der Waals surface area contributed by atoms with E-state index in [1.54, 1.807) is 31.2 Å². The van der Waals surface area contributed by atoms with Crippen LogP contribution < -0.4 is 5.32 Å². The predicted octanol–water partition coefficient (Wildman–Crippen LogP) is 2.57. The molecule has 2 saturated heterocycles. The molecule has 2 fully saturated rings. The third-order valence-electron chi connectivity index (χ3n) is 5.61. The maximum Gasteiger partial charge on any atom is 0.285 e. The average molecular weight is 438 g/mol. The Morgan fingerprint density at radius 3 is 2.52 bits per heavy atom. The smallest absolute Gasteiger partial charge is 0.285 e. The number of hydrogen-bond donors (Lipinski definition) is 1. The highest BCUT2D eigenvalue weighted by Gasteiger charge is 2.35. The van der Waals surface area contributed by atoms with Crippen molar-refractivity contribution in [3.63, 3.8) is 0 Å². The average Bonchev–Trinajstić information content (AvgIpc) is 3.30. The zero-order chi connectivity index (χ0) is 20.6. The molecule has 0 radical (unpaired) electrons. The summed E-state index contributed by atoms with van der Waals surface area (Å²) in [6, 6.07) is 6.81. The molecule has 0 saturated carbocycles. The van der Waals surface area contributed by atoms with Crippen molar-refractivity contribution in [2.45, 2.75) is 44.8 Å². The van der Waals surface area contributed by atoms with Crippen molar-refractivity contribution in [1.82, 2.24) is 10.2 Å². The number of benzene rings is 1. The van der Waals surface area contributed by atoms with E-state index in [1.165, 1.54) is 0 Å². The molecule has 3 aliphatic heterocycles. The molecule has 1 amide bonds. The Morgan fingerprint density at radius 2 is 1.90 bits per heavy atom. The van der Waals surface area contributed by atoms with E-state index in [1.807, 2.05) is 4.90 Å². The first kappa shape index (κ1) is 20.4. The number of halogens is 1. The van der Waals surface area contributed by atoms with Crippen LogP contribution in [0.4, 0.5) is 0 Å². The minimum atomic E-state index is -3.75. The second-order valence-corrected chi connectivity index (χ2v) is 9.60. The van der Waals surface area contributed by atoms with Crippen LogP contribution in [0.25, 0.3) is 4.91 Å². The molecular formula is C20H24ClN3O4S. The summed E-state index contributed by atoms with van der Waals surface area (Å²) in [7, 11) is -3.75. The lowest BCUT2D eigenvalue weighted by Crippen LogP contribution is -2.48. The Hall–Kier alpha value is -1.90.